The molecule has 0 aliphatic heterocycles. The molecular weight excluding hydrogens is 284 g/mol. The topological polar surface area (TPSA) is 68.7 Å². The van der Waals surface area contributed by atoms with Crippen LogP contribution < -0.4 is 0 Å². The zero-order valence-corrected chi connectivity index (χ0v) is 13.0. The van der Waals surface area contributed by atoms with E-state index in [1.165, 1.54) is 7.11 Å². The Kier molecular flexibility index (Phi) is 5.89. The van der Waals surface area contributed by atoms with Gasteiger partial charge in [-0.05, 0) is 24.0 Å². The molecule has 1 aliphatic rings. The average molecular weight is 306 g/mol. The van der Waals surface area contributed by atoms with Crippen LogP contribution in [0.5, 0.6) is 0 Å². The molecule has 2 unspecified atom stereocenters. The zero-order valence-electron chi connectivity index (χ0n) is 13.0. The third-order valence-electron chi connectivity index (χ3n) is 3.91. The van der Waals surface area contributed by atoms with E-state index in [9.17, 15) is 9.59 Å². The monoisotopic (exact) mass is 306 g/mol. The normalized spacial score (nSPS) is 19.5. The Morgan fingerprint density at radius 2 is 2.18 bits per heavy atom. The van der Waals surface area contributed by atoms with E-state index in [2.05, 4.69) is 9.72 Å². The SMILES string of the molecule is COCCN(CCC(=O)OC)C(=O)C1CC1c1cccnc1. The predicted octanol–water partition coefficient (Wildman–Crippen LogP) is 1.22. The molecule has 0 N–H and O–H groups in total. The molecule has 1 heterocycles. The Hall–Kier alpha value is -1.95. The molecule has 0 saturated heterocycles. The quantitative estimate of drug-likeness (QED) is 0.676. The summed E-state index contributed by atoms with van der Waals surface area (Å²) in [6, 6.07) is 3.88. The van der Waals surface area contributed by atoms with Gasteiger partial charge in [0.05, 0.1) is 20.1 Å². The summed E-state index contributed by atoms with van der Waals surface area (Å²) in [7, 11) is 2.95. The van der Waals surface area contributed by atoms with Crippen molar-refractivity contribution in [3.8, 4) is 0 Å². The number of rotatable bonds is 8. The van der Waals surface area contributed by atoms with Gasteiger partial charge in [0.1, 0.15) is 0 Å². The third-order valence-corrected chi connectivity index (χ3v) is 3.91. The van der Waals surface area contributed by atoms with E-state index in [0.717, 1.165) is 12.0 Å². The first-order valence-electron chi connectivity index (χ1n) is 7.41. The summed E-state index contributed by atoms with van der Waals surface area (Å²) < 4.78 is 9.68. The van der Waals surface area contributed by atoms with Gasteiger partial charge in [0.2, 0.25) is 5.91 Å². The number of aromatic nitrogens is 1. The highest BCUT2D eigenvalue weighted by molar-refractivity contribution is 5.83. The number of hydrogen-bond acceptors (Lipinski definition) is 5. The maximum absolute atomic E-state index is 12.6. The van der Waals surface area contributed by atoms with Crippen LogP contribution in [0.25, 0.3) is 0 Å². The summed E-state index contributed by atoms with van der Waals surface area (Å²) in [5.41, 5.74) is 1.10. The lowest BCUT2D eigenvalue weighted by atomic mass is 10.1. The number of amides is 1. The van der Waals surface area contributed by atoms with E-state index in [0.29, 0.717) is 19.7 Å². The van der Waals surface area contributed by atoms with Crippen molar-refractivity contribution >= 4 is 11.9 Å². The Morgan fingerprint density at radius 1 is 1.36 bits per heavy atom. The minimum Gasteiger partial charge on any atom is -0.469 e. The molecule has 1 aromatic rings. The van der Waals surface area contributed by atoms with Crippen LogP contribution in [0.2, 0.25) is 0 Å². The second-order valence-corrected chi connectivity index (χ2v) is 5.38. The van der Waals surface area contributed by atoms with Crippen LogP contribution in [-0.2, 0) is 19.1 Å². The number of ether oxygens (including phenoxy) is 2. The van der Waals surface area contributed by atoms with Crippen LogP contribution in [-0.4, -0.2) is 55.7 Å². The minimum absolute atomic E-state index is 0.0151. The predicted molar refractivity (Wildman–Crippen MR) is 80.2 cm³/mol. The van der Waals surface area contributed by atoms with Crippen molar-refractivity contribution in [1.29, 1.82) is 0 Å². The van der Waals surface area contributed by atoms with E-state index < -0.39 is 0 Å². The number of esters is 1. The smallest absolute Gasteiger partial charge is 0.307 e. The van der Waals surface area contributed by atoms with E-state index >= 15 is 0 Å². The maximum Gasteiger partial charge on any atom is 0.307 e. The van der Waals surface area contributed by atoms with Crippen molar-refractivity contribution in [3.05, 3.63) is 30.1 Å². The summed E-state index contributed by atoms with van der Waals surface area (Å²) in [4.78, 5) is 29.7. The van der Waals surface area contributed by atoms with Crippen LogP contribution in [0, 0.1) is 5.92 Å². The highest BCUT2D eigenvalue weighted by atomic mass is 16.5. The Morgan fingerprint density at radius 3 is 2.82 bits per heavy atom. The molecule has 0 aromatic carbocycles. The first kappa shape index (κ1) is 16.4. The molecule has 0 spiro atoms. The van der Waals surface area contributed by atoms with E-state index in [-0.39, 0.29) is 30.1 Å². The Balaban J connectivity index is 1.93. The van der Waals surface area contributed by atoms with E-state index in [1.807, 2.05) is 18.3 Å². The molecule has 0 radical (unpaired) electrons. The number of pyridine rings is 1. The Bertz CT molecular complexity index is 506. The zero-order chi connectivity index (χ0) is 15.9. The first-order valence-corrected chi connectivity index (χ1v) is 7.41. The van der Waals surface area contributed by atoms with Gasteiger partial charge >= 0.3 is 5.97 Å². The molecule has 1 amide bonds. The van der Waals surface area contributed by atoms with Crippen LogP contribution in [0.4, 0.5) is 0 Å². The summed E-state index contributed by atoms with van der Waals surface area (Å²) in [6.07, 6.45) is 4.58. The molecule has 120 valence electrons. The number of hydrogen-bond donors (Lipinski definition) is 0. The van der Waals surface area contributed by atoms with Gasteiger partial charge in [0.15, 0.2) is 0 Å². The number of nitrogens with zero attached hydrogens (tertiary/aromatic N) is 2. The van der Waals surface area contributed by atoms with Crippen LogP contribution in [0.3, 0.4) is 0 Å². The number of methoxy groups -OCH3 is 2. The number of carbonyl (C=O) groups excluding carboxylic acids is 2. The van der Waals surface area contributed by atoms with Gasteiger partial charge in [-0.15, -0.1) is 0 Å². The van der Waals surface area contributed by atoms with Crippen LogP contribution in [0.1, 0.15) is 24.3 Å². The summed E-state index contributed by atoms with van der Waals surface area (Å²) >= 11 is 0. The van der Waals surface area contributed by atoms with Gasteiger partial charge < -0.3 is 14.4 Å². The van der Waals surface area contributed by atoms with Crippen molar-refractivity contribution in [3.63, 3.8) is 0 Å². The molecule has 2 atom stereocenters. The molecular formula is C16H22N2O4. The minimum atomic E-state index is -0.310. The van der Waals surface area contributed by atoms with Crippen LogP contribution >= 0.6 is 0 Å². The molecule has 22 heavy (non-hydrogen) atoms. The highest BCUT2D eigenvalue weighted by Crippen LogP contribution is 2.48. The number of carbonyl (C=O) groups is 2. The molecule has 0 bridgehead atoms. The van der Waals surface area contributed by atoms with E-state index in [1.54, 1.807) is 18.2 Å². The lowest BCUT2D eigenvalue weighted by Gasteiger charge is -2.22. The van der Waals surface area contributed by atoms with Gasteiger partial charge in [0, 0.05) is 38.5 Å². The fourth-order valence-electron chi connectivity index (χ4n) is 2.53. The fourth-order valence-corrected chi connectivity index (χ4v) is 2.53. The fraction of sp³-hybridized carbons (Fsp3) is 0.562. The van der Waals surface area contributed by atoms with Gasteiger partial charge in [-0.2, -0.15) is 0 Å². The van der Waals surface area contributed by atoms with Crippen molar-refractivity contribution in [2.24, 2.45) is 5.92 Å². The van der Waals surface area contributed by atoms with Crippen LogP contribution in [0.15, 0.2) is 24.5 Å². The lowest BCUT2D eigenvalue weighted by molar-refractivity contribution is -0.142. The maximum atomic E-state index is 12.6. The van der Waals surface area contributed by atoms with Gasteiger partial charge in [-0.1, -0.05) is 6.07 Å². The lowest BCUT2D eigenvalue weighted by Crippen LogP contribution is -2.37. The van der Waals surface area contributed by atoms with E-state index in [4.69, 9.17) is 4.74 Å². The summed E-state index contributed by atoms with van der Waals surface area (Å²) in [6.45, 7) is 1.31. The van der Waals surface area contributed by atoms with Gasteiger partial charge in [0.25, 0.3) is 0 Å². The Labute approximate surface area is 130 Å². The summed E-state index contributed by atoms with van der Waals surface area (Å²) in [5.74, 6) is -0.00676. The molecule has 1 aliphatic carbocycles. The standard InChI is InChI=1S/C16H22N2O4/c1-21-9-8-18(7-5-15(19)22-2)16(20)14-10-13(14)12-4-3-6-17-11-12/h3-4,6,11,13-14H,5,7-10H2,1-2H3. The van der Waals surface area contributed by atoms with Crippen molar-refractivity contribution < 1.29 is 19.1 Å². The largest absolute Gasteiger partial charge is 0.469 e. The second-order valence-electron chi connectivity index (χ2n) is 5.38. The molecule has 1 saturated carbocycles. The molecule has 1 fully saturated rings. The molecule has 6 nitrogen and oxygen atoms in total. The van der Waals surface area contributed by atoms with Gasteiger partial charge in [-0.3, -0.25) is 14.6 Å². The van der Waals surface area contributed by atoms with Crippen molar-refractivity contribution in [2.45, 2.75) is 18.8 Å². The molecule has 1 aromatic heterocycles. The highest BCUT2D eigenvalue weighted by Gasteiger charge is 2.45. The molecule has 2 rings (SSSR count). The van der Waals surface area contributed by atoms with Crippen molar-refractivity contribution in [1.82, 2.24) is 9.88 Å². The van der Waals surface area contributed by atoms with Gasteiger partial charge in [-0.25, -0.2) is 0 Å². The molecule has 6 heteroatoms. The third kappa shape index (κ3) is 4.27. The first-order chi connectivity index (χ1) is 10.7. The summed E-state index contributed by atoms with van der Waals surface area (Å²) in [5, 5.41) is 0. The van der Waals surface area contributed by atoms with Crippen molar-refractivity contribution in [2.75, 3.05) is 33.9 Å². The second kappa shape index (κ2) is 7.89. The average Bonchev–Trinajstić information content (AvgIpc) is 3.35.